The third kappa shape index (κ3) is 2.01. The Morgan fingerprint density at radius 2 is 2.05 bits per heavy atom. The fourth-order valence-electron chi connectivity index (χ4n) is 2.55. The lowest BCUT2D eigenvalue weighted by Gasteiger charge is -2.17. The summed E-state index contributed by atoms with van der Waals surface area (Å²) in [5.41, 5.74) is 4.20. The molecule has 1 aliphatic heterocycles. The zero-order chi connectivity index (χ0) is 14.2. The number of nitrogens with zero attached hydrogens (tertiary/aromatic N) is 3. The molecule has 0 saturated heterocycles. The second-order valence-electron chi connectivity index (χ2n) is 4.79. The minimum Gasteiger partial charge on any atom is -0.497 e. The van der Waals surface area contributed by atoms with Crippen molar-refractivity contribution < 1.29 is 4.74 Å². The first kappa shape index (κ1) is 12.5. The van der Waals surface area contributed by atoms with E-state index in [1.165, 1.54) is 10.5 Å². The Morgan fingerprint density at radius 1 is 1.14 bits per heavy atom. The van der Waals surface area contributed by atoms with Gasteiger partial charge in [0.05, 0.1) is 18.7 Å². The van der Waals surface area contributed by atoms with E-state index in [1.807, 2.05) is 28.9 Å². The Labute approximate surface area is 126 Å². The Balaban J connectivity index is 1.92. The van der Waals surface area contributed by atoms with Crippen molar-refractivity contribution in [2.24, 2.45) is 0 Å². The van der Waals surface area contributed by atoms with Gasteiger partial charge in [-0.05, 0) is 18.2 Å². The predicted molar refractivity (Wildman–Crippen MR) is 83.3 cm³/mol. The van der Waals surface area contributed by atoms with E-state index in [2.05, 4.69) is 34.6 Å². The van der Waals surface area contributed by atoms with E-state index in [4.69, 9.17) is 4.74 Å². The maximum atomic E-state index is 5.31. The summed E-state index contributed by atoms with van der Waals surface area (Å²) in [6.07, 6.45) is 0. The molecule has 0 fully saturated rings. The number of benzene rings is 2. The monoisotopic (exact) mass is 295 g/mol. The molecule has 0 saturated carbocycles. The van der Waals surface area contributed by atoms with Crippen LogP contribution in [0.5, 0.6) is 5.75 Å². The summed E-state index contributed by atoms with van der Waals surface area (Å²) in [6.45, 7) is 0. The van der Waals surface area contributed by atoms with Gasteiger partial charge in [-0.2, -0.15) is 0 Å². The molecule has 2 aromatic carbocycles. The molecule has 104 valence electrons. The molecule has 0 radical (unpaired) electrons. The smallest absolute Gasteiger partial charge is 0.121 e. The van der Waals surface area contributed by atoms with Crippen LogP contribution in [0.2, 0.25) is 0 Å². The maximum absolute atomic E-state index is 5.31. The number of hydrogen-bond acceptors (Lipinski definition) is 4. The summed E-state index contributed by atoms with van der Waals surface area (Å²) in [4.78, 5) is 1.27. The lowest BCUT2D eigenvalue weighted by Crippen LogP contribution is -2.05. The number of hydrogen-bond donors (Lipinski definition) is 0. The Kier molecular flexibility index (Phi) is 2.93. The topological polar surface area (TPSA) is 39.9 Å². The van der Waals surface area contributed by atoms with Gasteiger partial charge in [-0.15, -0.1) is 16.9 Å². The zero-order valence-electron chi connectivity index (χ0n) is 11.5. The van der Waals surface area contributed by atoms with E-state index >= 15 is 0 Å². The van der Waals surface area contributed by atoms with Gasteiger partial charge in [0, 0.05) is 16.0 Å². The van der Waals surface area contributed by atoms with Gasteiger partial charge in [-0.1, -0.05) is 35.5 Å². The van der Waals surface area contributed by atoms with Crippen LogP contribution in [0.25, 0.3) is 22.5 Å². The quantitative estimate of drug-likeness (QED) is 0.723. The highest BCUT2D eigenvalue weighted by molar-refractivity contribution is 7.98. The lowest BCUT2D eigenvalue weighted by atomic mass is 10.0. The first-order valence-corrected chi connectivity index (χ1v) is 7.65. The molecule has 0 bridgehead atoms. The van der Waals surface area contributed by atoms with E-state index in [9.17, 15) is 0 Å². The number of aromatic nitrogens is 3. The second-order valence-corrected chi connectivity index (χ2v) is 5.77. The van der Waals surface area contributed by atoms with Crippen molar-refractivity contribution in [3.63, 3.8) is 0 Å². The molecule has 0 amide bonds. The molecule has 1 aromatic heterocycles. The van der Waals surface area contributed by atoms with Crippen LogP contribution in [0.1, 0.15) is 0 Å². The molecular weight excluding hydrogens is 282 g/mol. The van der Waals surface area contributed by atoms with Crippen LogP contribution in [0.3, 0.4) is 0 Å². The number of rotatable bonds is 2. The van der Waals surface area contributed by atoms with Gasteiger partial charge in [-0.25, -0.2) is 4.68 Å². The first-order chi connectivity index (χ1) is 10.4. The molecule has 0 unspecified atom stereocenters. The van der Waals surface area contributed by atoms with E-state index in [-0.39, 0.29) is 0 Å². The number of methoxy groups -OCH3 is 1. The average Bonchev–Trinajstić information content (AvgIpc) is 2.99. The van der Waals surface area contributed by atoms with Crippen molar-refractivity contribution in [3.8, 4) is 28.3 Å². The normalized spacial score (nSPS) is 12.6. The molecule has 0 aliphatic carbocycles. The van der Waals surface area contributed by atoms with Gasteiger partial charge in [-0.3, -0.25) is 0 Å². The van der Waals surface area contributed by atoms with Crippen LogP contribution in [-0.2, 0) is 5.88 Å². The van der Waals surface area contributed by atoms with Crippen molar-refractivity contribution in [1.82, 2.24) is 15.0 Å². The second kappa shape index (κ2) is 4.93. The van der Waals surface area contributed by atoms with Crippen molar-refractivity contribution in [2.75, 3.05) is 7.11 Å². The minimum atomic E-state index is 0.795. The number of thioether (sulfide) groups is 1. The molecule has 4 nitrogen and oxygen atoms in total. The van der Waals surface area contributed by atoms with Crippen LogP contribution in [-0.4, -0.2) is 22.1 Å². The van der Waals surface area contributed by atoms with Gasteiger partial charge >= 0.3 is 0 Å². The highest BCUT2D eigenvalue weighted by Crippen LogP contribution is 2.41. The van der Waals surface area contributed by atoms with E-state index in [0.29, 0.717) is 0 Å². The first-order valence-electron chi connectivity index (χ1n) is 6.67. The molecule has 0 spiro atoms. The molecule has 0 N–H and O–H groups in total. The lowest BCUT2D eigenvalue weighted by molar-refractivity contribution is 0.415. The highest BCUT2D eigenvalue weighted by atomic mass is 32.2. The van der Waals surface area contributed by atoms with Crippen molar-refractivity contribution in [3.05, 3.63) is 48.5 Å². The van der Waals surface area contributed by atoms with E-state index < -0.39 is 0 Å². The van der Waals surface area contributed by atoms with Crippen molar-refractivity contribution in [1.29, 1.82) is 0 Å². The fraction of sp³-hybridized carbons (Fsp3) is 0.125. The summed E-state index contributed by atoms with van der Waals surface area (Å²) in [5, 5.41) is 8.68. The minimum absolute atomic E-state index is 0.795. The Bertz CT molecular complexity index is 813. The number of fused-ring (bicyclic) bond motifs is 3. The predicted octanol–water partition coefficient (Wildman–Crippen LogP) is 3.68. The summed E-state index contributed by atoms with van der Waals surface area (Å²) >= 11 is 1.78. The highest BCUT2D eigenvalue weighted by Gasteiger charge is 2.23. The Hall–Kier alpha value is -2.27. The third-order valence-corrected chi connectivity index (χ3v) is 4.60. The Morgan fingerprint density at radius 3 is 2.95 bits per heavy atom. The summed E-state index contributed by atoms with van der Waals surface area (Å²) < 4.78 is 7.27. The van der Waals surface area contributed by atoms with Gasteiger partial charge in [0.25, 0.3) is 0 Å². The largest absolute Gasteiger partial charge is 0.497 e. The summed E-state index contributed by atoms with van der Waals surface area (Å²) in [7, 11) is 1.67. The fourth-order valence-corrected chi connectivity index (χ4v) is 3.49. The third-order valence-electron chi connectivity index (χ3n) is 3.56. The van der Waals surface area contributed by atoms with Gasteiger partial charge < -0.3 is 4.74 Å². The van der Waals surface area contributed by atoms with Crippen LogP contribution >= 0.6 is 11.8 Å². The average molecular weight is 295 g/mol. The van der Waals surface area contributed by atoms with Gasteiger partial charge in [0.15, 0.2) is 0 Å². The summed E-state index contributed by atoms with van der Waals surface area (Å²) in [5.74, 6) is 1.62. The molecule has 5 heteroatoms. The van der Waals surface area contributed by atoms with Crippen molar-refractivity contribution >= 4 is 11.8 Å². The molecule has 0 atom stereocenters. The maximum Gasteiger partial charge on any atom is 0.121 e. The zero-order valence-corrected chi connectivity index (χ0v) is 12.3. The number of ether oxygens (including phenoxy) is 1. The molecule has 2 heterocycles. The van der Waals surface area contributed by atoms with Crippen LogP contribution in [0.4, 0.5) is 0 Å². The SMILES string of the molecule is COc1cccc(-c2nnn3c2-c2ccccc2SC3)c1. The van der Waals surface area contributed by atoms with E-state index in [0.717, 1.165) is 28.6 Å². The van der Waals surface area contributed by atoms with Gasteiger partial charge in [0.2, 0.25) is 0 Å². The van der Waals surface area contributed by atoms with Gasteiger partial charge in [0.1, 0.15) is 11.4 Å². The standard InChI is InChI=1S/C16H13N3OS/c1-20-12-6-4-5-11(9-12)15-16-13-7-2-3-8-14(13)21-10-19(16)18-17-15/h2-9H,10H2,1H3. The molecule has 21 heavy (non-hydrogen) atoms. The van der Waals surface area contributed by atoms with Crippen molar-refractivity contribution in [2.45, 2.75) is 10.8 Å². The molecular formula is C16H13N3OS. The van der Waals surface area contributed by atoms with Crippen LogP contribution < -0.4 is 4.74 Å². The van der Waals surface area contributed by atoms with Crippen LogP contribution in [0, 0.1) is 0 Å². The molecule has 1 aliphatic rings. The van der Waals surface area contributed by atoms with E-state index in [1.54, 1.807) is 18.9 Å². The summed E-state index contributed by atoms with van der Waals surface area (Å²) in [6, 6.07) is 16.3. The molecule has 3 aromatic rings. The molecule has 4 rings (SSSR count). The van der Waals surface area contributed by atoms with Crippen LogP contribution in [0.15, 0.2) is 53.4 Å².